The van der Waals surface area contributed by atoms with E-state index >= 15 is 0 Å². The predicted octanol–water partition coefficient (Wildman–Crippen LogP) is 2.27. The highest BCUT2D eigenvalue weighted by molar-refractivity contribution is 5.80. The number of methoxy groups -OCH3 is 1. The Balaban J connectivity index is 4.58. The first-order chi connectivity index (χ1) is 7.16. The van der Waals surface area contributed by atoms with E-state index < -0.39 is 5.54 Å². The average Bonchev–Trinajstić information content (AvgIpc) is 2.29. The minimum atomic E-state index is -0.529. The zero-order chi connectivity index (χ0) is 11.7. The molecule has 88 valence electrons. The van der Waals surface area contributed by atoms with Crippen LogP contribution in [0.3, 0.4) is 0 Å². The summed E-state index contributed by atoms with van der Waals surface area (Å²) in [4.78, 5) is 11.8. The maximum atomic E-state index is 11.8. The molecule has 1 unspecified atom stereocenters. The monoisotopic (exact) mass is 213 g/mol. The van der Waals surface area contributed by atoms with Crippen LogP contribution in [0.15, 0.2) is 12.7 Å². The summed E-state index contributed by atoms with van der Waals surface area (Å²) < 4.78 is 4.86. The molecule has 3 heteroatoms. The van der Waals surface area contributed by atoms with Crippen LogP contribution in [0.4, 0.5) is 0 Å². The van der Waals surface area contributed by atoms with Crippen molar-refractivity contribution in [2.75, 3.05) is 13.7 Å². The number of nitrogens with one attached hydrogen (secondary N) is 1. The first-order valence-corrected chi connectivity index (χ1v) is 5.61. The first kappa shape index (κ1) is 14.2. The topological polar surface area (TPSA) is 38.3 Å². The van der Waals surface area contributed by atoms with Gasteiger partial charge in [0.05, 0.1) is 7.11 Å². The van der Waals surface area contributed by atoms with Crippen molar-refractivity contribution in [1.82, 2.24) is 5.32 Å². The van der Waals surface area contributed by atoms with Gasteiger partial charge in [-0.2, -0.15) is 0 Å². The predicted molar refractivity (Wildman–Crippen MR) is 62.8 cm³/mol. The molecule has 15 heavy (non-hydrogen) atoms. The second-order valence-corrected chi connectivity index (χ2v) is 3.70. The van der Waals surface area contributed by atoms with E-state index in [0.717, 1.165) is 25.7 Å². The van der Waals surface area contributed by atoms with Gasteiger partial charge in [0.25, 0.3) is 0 Å². The Bertz CT molecular complexity index is 204. The molecule has 0 aliphatic heterocycles. The molecule has 0 aliphatic rings. The van der Waals surface area contributed by atoms with Crippen molar-refractivity contribution in [3.8, 4) is 0 Å². The maximum absolute atomic E-state index is 11.8. The first-order valence-electron chi connectivity index (χ1n) is 5.61. The molecule has 3 nitrogen and oxygen atoms in total. The van der Waals surface area contributed by atoms with Crippen LogP contribution in [0.5, 0.6) is 0 Å². The van der Waals surface area contributed by atoms with Crippen LogP contribution in [0, 0.1) is 0 Å². The highest BCUT2D eigenvalue weighted by atomic mass is 16.5. The molecule has 0 radical (unpaired) electrons. The zero-order valence-electron chi connectivity index (χ0n) is 10.1. The van der Waals surface area contributed by atoms with Gasteiger partial charge in [0, 0.05) is 6.54 Å². The van der Waals surface area contributed by atoms with Gasteiger partial charge in [-0.1, -0.05) is 32.8 Å². The summed E-state index contributed by atoms with van der Waals surface area (Å²) in [7, 11) is 1.44. The van der Waals surface area contributed by atoms with E-state index in [0.29, 0.717) is 6.54 Å². The summed E-state index contributed by atoms with van der Waals surface area (Å²) >= 11 is 0. The van der Waals surface area contributed by atoms with Gasteiger partial charge >= 0.3 is 5.97 Å². The minimum absolute atomic E-state index is 0.166. The van der Waals surface area contributed by atoms with Crippen molar-refractivity contribution < 1.29 is 9.53 Å². The van der Waals surface area contributed by atoms with Crippen LogP contribution < -0.4 is 5.32 Å². The molecule has 0 saturated carbocycles. The summed E-state index contributed by atoms with van der Waals surface area (Å²) in [6.45, 7) is 8.40. The fourth-order valence-electron chi connectivity index (χ4n) is 1.65. The van der Waals surface area contributed by atoms with E-state index in [4.69, 9.17) is 4.74 Å². The third-order valence-corrected chi connectivity index (χ3v) is 2.72. The standard InChI is InChI=1S/C12H23NO2/c1-5-8-9-12(7-3,11(14)15-4)13-10-6-2/h6,13H,2,5,7-10H2,1,3-4H3. The number of carbonyl (C=O) groups excluding carboxylic acids is 1. The number of unbranched alkanes of at least 4 members (excludes halogenated alkanes) is 1. The Morgan fingerprint density at radius 2 is 2.20 bits per heavy atom. The number of rotatable bonds is 8. The number of esters is 1. The number of ether oxygens (including phenoxy) is 1. The van der Waals surface area contributed by atoms with E-state index in [1.807, 2.05) is 6.92 Å². The lowest BCUT2D eigenvalue weighted by Gasteiger charge is -2.30. The van der Waals surface area contributed by atoms with Gasteiger partial charge in [0.1, 0.15) is 5.54 Å². The summed E-state index contributed by atoms with van der Waals surface area (Å²) in [6.07, 6.45) is 5.43. The summed E-state index contributed by atoms with van der Waals surface area (Å²) in [5, 5.41) is 3.23. The molecule has 0 fully saturated rings. The van der Waals surface area contributed by atoms with Gasteiger partial charge in [-0.05, 0) is 12.8 Å². The van der Waals surface area contributed by atoms with Crippen LogP contribution in [0.25, 0.3) is 0 Å². The fourth-order valence-corrected chi connectivity index (χ4v) is 1.65. The Labute approximate surface area is 92.9 Å². The lowest BCUT2D eigenvalue weighted by Crippen LogP contribution is -2.52. The number of carbonyl (C=O) groups is 1. The molecule has 0 saturated heterocycles. The van der Waals surface area contributed by atoms with Crippen LogP contribution in [0.2, 0.25) is 0 Å². The van der Waals surface area contributed by atoms with Gasteiger partial charge in [-0.3, -0.25) is 10.1 Å². The molecule has 0 aromatic heterocycles. The van der Waals surface area contributed by atoms with Crippen molar-refractivity contribution >= 4 is 5.97 Å². The minimum Gasteiger partial charge on any atom is -0.468 e. The van der Waals surface area contributed by atoms with Gasteiger partial charge < -0.3 is 4.74 Å². The molecule has 1 N–H and O–H groups in total. The van der Waals surface area contributed by atoms with Crippen molar-refractivity contribution in [3.05, 3.63) is 12.7 Å². The smallest absolute Gasteiger partial charge is 0.326 e. The fraction of sp³-hybridized carbons (Fsp3) is 0.750. The van der Waals surface area contributed by atoms with Crippen LogP contribution >= 0.6 is 0 Å². The Morgan fingerprint density at radius 1 is 1.53 bits per heavy atom. The normalized spacial score (nSPS) is 14.3. The van der Waals surface area contributed by atoms with Gasteiger partial charge in [-0.15, -0.1) is 6.58 Å². The number of hydrogen-bond acceptors (Lipinski definition) is 3. The maximum Gasteiger partial charge on any atom is 0.326 e. The van der Waals surface area contributed by atoms with Crippen LogP contribution in [-0.4, -0.2) is 25.2 Å². The van der Waals surface area contributed by atoms with Gasteiger partial charge in [0.2, 0.25) is 0 Å². The van der Waals surface area contributed by atoms with Crippen molar-refractivity contribution in [3.63, 3.8) is 0 Å². The summed E-state index contributed by atoms with van der Waals surface area (Å²) in [5.74, 6) is -0.166. The SMILES string of the molecule is C=CCNC(CC)(CCCC)C(=O)OC. The van der Waals surface area contributed by atoms with Crippen molar-refractivity contribution in [2.45, 2.75) is 45.1 Å². The Kier molecular flexibility index (Phi) is 7.05. The van der Waals surface area contributed by atoms with E-state index in [1.54, 1.807) is 6.08 Å². The Hall–Kier alpha value is -0.830. The molecule has 0 heterocycles. The summed E-state index contributed by atoms with van der Waals surface area (Å²) in [5.41, 5.74) is -0.529. The lowest BCUT2D eigenvalue weighted by molar-refractivity contribution is -0.149. The van der Waals surface area contributed by atoms with Gasteiger partial charge in [-0.25, -0.2) is 0 Å². The molecule has 0 aliphatic carbocycles. The molecule has 0 bridgehead atoms. The van der Waals surface area contributed by atoms with Crippen LogP contribution in [-0.2, 0) is 9.53 Å². The molecule has 0 spiro atoms. The van der Waals surface area contributed by atoms with E-state index in [-0.39, 0.29) is 5.97 Å². The van der Waals surface area contributed by atoms with Gasteiger partial charge in [0.15, 0.2) is 0 Å². The van der Waals surface area contributed by atoms with Crippen molar-refractivity contribution in [1.29, 1.82) is 0 Å². The van der Waals surface area contributed by atoms with E-state index in [2.05, 4.69) is 18.8 Å². The summed E-state index contributed by atoms with van der Waals surface area (Å²) in [6, 6.07) is 0. The average molecular weight is 213 g/mol. The second-order valence-electron chi connectivity index (χ2n) is 3.70. The third kappa shape index (κ3) is 4.04. The molecule has 0 rings (SSSR count). The molecule has 0 amide bonds. The van der Waals surface area contributed by atoms with Crippen LogP contribution in [0.1, 0.15) is 39.5 Å². The van der Waals surface area contributed by atoms with E-state index in [1.165, 1.54) is 7.11 Å². The second kappa shape index (κ2) is 7.46. The largest absolute Gasteiger partial charge is 0.468 e. The molecule has 0 aromatic carbocycles. The molecular formula is C12H23NO2. The van der Waals surface area contributed by atoms with Crippen molar-refractivity contribution in [2.24, 2.45) is 0 Å². The molecular weight excluding hydrogens is 190 g/mol. The zero-order valence-corrected chi connectivity index (χ0v) is 10.1. The number of hydrogen-bond donors (Lipinski definition) is 1. The third-order valence-electron chi connectivity index (χ3n) is 2.72. The molecule has 0 aromatic rings. The highest BCUT2D eigenvalue weighted by Crippen LogP contribution is 2.20. The molecule has 1 atom stereocenters. The lowest BCUT2D eigenvalue weighted by atomic mass is 9.89. The highest BCUT2D eigenvalue weighted by Gasteiger charge is 2.36. The van der Waals surface area contributed by atoms with E-state index in [9.17, 15) is 4.79 Å². The quantitative estimate of drug-likeness (QED) is 0.496. The Morgan fingerprint density at radius 3 is 2.60 bits per heavy atom.